The normalized spacial score (nSPS) is 15.0. The van der Waals surface area contributed by atoms with Crippen molar-refractivity contribution in [1.29, 1.82) is 0 Å². The average Bonchev–Trinajstić information content (AvgIpc) is 3.14. The third-order valence-electron chi connectivity index (χ3n) is 8.94. The van der Waals surface area contributed by atoms with Gasteiger partial charge in [-0.15, -0.1) is 0 Å². The van der Waals surface area contributed by atoms with Crippen LogP contribution in [0.25, 0.3) is 0 Å². The van der Waals surface area contributed by atoms with E-state index in [-0.39, 0.29) is 19.6 Å². The molecule has 0 saturated heterocycles. The summed E-state index contributed by atoms with van der Waals surface area (Å²) in [7, 11) is 1.20. The van der Waals surface area contributed by atoms with Gasteiger partial charge in [-0.1, -0.05) is 158 Å². The summed E-state index contributed by atoms with van der Waals surface area (Å²) in [4.78, 5) is 25.0. The van der Waals surface area contributed by atoms with Gasteiger partial charge in [0, 0.05) is 6.42 Å². The van der Waals surface area contributed by atoms with Gasteiger partial charge in [0.05, 0.1) is 40.1 Å². The molecule has 0 heterocycles. The van der Waals surface area contributed by atoms with E-state index in [4.69, 9.17) is 18.5 Å². The van der Waals surface area contributed by atoms with E-state index >= 15 is 0 Å². The molecule has 0 aromatic rings. The Hall–Kier alpha value is -2.26. The lowest BCUT2D eigenvalue weighted by molar-refractivity contribution is -0.870. The Balaban J connectivity index is 4.51. The Kier molecular flexibility index (Phi) is 36.7. The van der Waals surface area contributed by atoms with Crippen molar-refractivity contribution in [1.82, 2.24) is 0 Å². The van der Waals surface area contributed by atoms with E-state index < -0.39 is 32.6 Å². The maximum absolute atomic E-state index is 12.7. The first-order valence-electron chi connectivity index (χ1n) is 21.8. The second kappa shape index (κ2) is 38.3. The molecule has 0 aliphatic heterocycles. The summed E-state index contributed by atoms with van der Waals surface area (Å²) in [6, 6.07) is 0. The molecule has 0 bridgehead atoms. The van der Waals surface area contributed by atoms with Crippen LogP contribution in [0.1, 0.15) is 155 Å². The third-order valence-corrected chi connectivity index (χ3v) is 9.90. The molecule has 9 nitrogen and oxygen atoms in total. The zero-order valence-electron chi connectivity index (χ0n) is 36.2. The van der Waals surface area contributed by atoms with Crippen molar-refractivity contribution in [2.75, 3.05) is 47.5 Å². The van der Waals surface area contributed by atoms with E-state index in [9.17, 15) is 19.4 Å². The van der Waals surface area contributed by atoms with E-state index in [2.05, 4.69) is 50.3 Å². The minimum absolute atomic E-state index is 0.0215. The van der Waals surface area contributed by atoms with Gasteiger partial charge in [0.1, 0.15) is 19.8 Å². The summed E-state index contributed by atoms with van der Waals surface area (Å²) in [6.07, 6.45) is 46.1. The molecule has 0 aromatic heterocycles. The van der Waals surface area contributed by atoms with Gasteiger partial charge >= 0.3 is 5.97 Å². The number of carbonyl (C=O) groups is 1. The molecular weight excluding hydrogens is 725 g/mol. The predicted octanol–water partition coefficient (Wildman–Crippen LogP) is 11.4. The number of hydrogen-bond donors (Lipinski definition) is 1. The van der Waals surface area contributed by atoms with Crippen LogP contribution in [0, 0.1) is 0 Å². The van der Waals surface area contributed by atoms with E-state index in [1.54, 1.807) is 18.4 Å². The quantitative estimate of drug-likeness (QED) is 0.0124. The lowest BCUT2D eigenvalue weighted by Gasteiger charge is -2.28. The number of quaternary nitrogens is 1. The van der Waals surface area contributed by atoms with Gasteiger partial charge in [0.25, 0.3) is 7.82 Å². The highest BCUT2D eigenvalue weighted by molar-refractivity contribution is 7.45. The molecule has 0 aromatic carbocycles. The number of ether oxygens (including phenoxy) is 2. The van der Waals surface area contributed by atoms with Crippen LogP contribution < -0.4 is 4.89 Å². The molecule has 0 spiro atoms. The first kappa shape index (κ1) is 53.7. The fourth-order valence-corrected chi connectivity index (χ4v) is 6.27. The number of esters is 1. The lowest BCUT2D eigenvalue weighted by atomic mass is 10.0. The number of phosphoric acid groups is 1. The van der Waals surface area contributed by atoms with Crippen LogP contribution in [0.4, 0.5) is 0 Å². The zero-order chi connectivity index (χ0) is 41.4. The van der Waals surface area contributed by atoms with Crippen LogP contribution in [0.3, 0.4) is 0 Å². The number of carbonyl (C=O) groups excluding carboxylic acids is 1. The summed E-state index contributed by atoms with van der Waals surface area (Å²) >= 11 is 0. The average molecular weight is 808 g/mol. The van der Waals surface area contributed by atoms with Crippen LogP contribution in [0.15, 0.2) is 73.1 Å². The number of rotatable bonds is 39. The number of phosphoric ester groups is 1. The summed E-state index contributed by atoms with van der Waals surface area (Å²) in [5, 5.41) is 10.3. The Labute approximate surface area is 343 Å². The van der Waals surface area contributed by atoms with Gasteiger partial charge in [-0.2, -0.15) is 0 Å². The summed E-state index contributed by atoms with van der Waals surface area (Å²) in [5.74, 6) is -0.518. The molecule has 1 N–H and O–H groups in total. The molecule has 0 rings (SSSR count). The van der Waals surface area contributed by atoms with E-state index in [0.29, 0.717) is 23.9 Å². The minimum atomic E-state index is -4.60. The van der Waals surface area contributed by atoms with E-state index in [1.807, 2.05) is 39.4 Å². The maximum atomic E-state index is 12.7. The topological polar surface area (TPSA) is 114 Å². The van der Waals surface area contributed by atoms with Crippen molar-refractivity contribution < 1.29 is 42.4 Å². The van der Waals surface area contributed by atoms with Gasteiger partial charge in [-0.05, 0) is 57.4 Å². The SMILES string of the molecule is CC/C=C\C/C=C\C/C=C\C/C=C\C=C\C(O)CCCC(=O)O[C@H](CO/C=C/CCCCCCCCCCCCCCCC)COP(=O)([O-])OCC[N+](C)(C)C. The molecule has 0 saturated carbocycles. The number of hydrogen-bond acceptors (Lipinski definition) is 8. The molecule has 0 aliphatic rings. The highest BCUT2D eigenvalue weighted by Crippen LogP contribution is 2.38. The molecule has 0 amide bonds. The summed E-state index contributed by atoms with van der Waals surface area (Å²) in [5.41, 5.74) is 0. The van der Waals surface area contributed by atoms with Crippen molar-refractivity contribution >= 4 is 13.8 Å². The van der Waals surface area contributed by atoms with Crippen LogP contribution in [-0.4, -0.2) is 75.3 Å². The monoisotopic (exact) mass is 808 g/mol. The summed E-state index contributed by atoms with van der Waals surface area (Å²) in [6.45, 7) is 4.38. The molecule has 0 fully saturated rings. The maximum Gasteiger partial charge on any atom is 0.306 e. The lowest BCUT2D eigenvalue weighted by Crippen LogP contribution is -2.37. The Morgan fingerprint density at radius 2 is 1.25 bits per heavy atom. The molecule has 3 atom stereocenters. The number of nitrogens with zero attached hydrogens (tertiary/aromatic N) is 1. The van der Waals surface area contributed by atoms with Gasteiger partial charge in [0.2, 0.25) is 0 Å². The van der Waals surface area contributed by atoms with Crippen LogP contribution in [0.5, 0.6) is 0 Å². The van der Waals surface area contributed by atoms with Crippen LogP contribution in [0.2, 0.25) is 0 Å². The van der Waals surface area contributed by atoms with E-state index in [1.165, 1.54) is 83.5 Å². The highest BCUT2D eigenvalue weighted by atomic mass is 31.2. The first-order chi connectivity index (χ1) is 27.0. The number of unbranched alkanes of at least 4 members (excludes halogenated alkanes) is 14. The van der Waals surface area contributed by atoms with Crippen molar-refractivity contribution in [3.63, 3.8) is 0 Å². The number of aliphatic hydroxyl groups excluding tert-OH is 1. The van der Waals surface area contributed by atoms with Crippen LogP contribution >= 0.6 is 7.82 Å². The molecule has 10 heteroatoms. The molecule has 0 aliphatic carbocycles. The fourth-order valence-electron chi connectivity index (χ4n) is 5.54. The van der Waals surface area contributed by atoms with E-state index in [0.717, 1.165) is 38.5 Å². The van der Waals surface area contributed by atoms with Crippen molar-refractivity contribution in [2.24, 2.45) is 0 Å². The standard InChI is InChI=1S/C46H82NO8P/c1-6-8-10-12-14-16-18-20-21-22-24-26-28-30-32-34-40-52-42-45(43-54-56(50,51)53-41-39-47(3,4)5)55-46(49)38-35-37-44(48)36-33-31-29-27-25-23-19-17-15-13-11-9-7-2/h9,11,15,17,23,25,29,31,33-34,36,40,44-45,48H,6-8,10,12-14,16,18-22,24,26-28,30,32,35,37-39,41-43H2,1-5H3/b11-9-,17-15-,25-23-,31-29-,36-33+,40-34+/t44?,45-/m1/s1. The first-order valence-corrected chi connectivity index (χ1v) is 23.3. The fraction of sp³-hybridized carbons (Fsp3) is 0.717. The third kappa shape index (κ3) is 41.4. The Morgan fingerprint density at radius 3 is 1.82 bits per heavy atom. The smallest absolute Gasteiger partial charge is 0.306 e. The minimum Gasteiger partial charge on any atom is -0.756 e. The predicted molar refractivity (Wildman–Crippen MR) is 232 cm³/mol. The van der Waals surface area contributed by atoms with Crippen molar-refractivity contribution in [3.05, 3.63) is 73.1 Å². The Morgan fingerprint density at radius 1 is 0.696 bits per heavy atom. The highest BCUT2D eigenvalue weighted by Gasteiger charge is 2.20. The second-order valence-corrected chi connectivity index (χ2v) is 17.0. The second-order valence-electron chi connectivity index (χ2n) is 15.6. The van der Waals surface area contributed by atoms with Crippen molar-refractivity contribution in [3.8, 4) is 0 Å². The number of allylic oxidation sites excluding steroid dienone is 10. The van der Waals surface area contributed by atoms with Gasteiger partial charge in [-0.25, -0.2) is 0 Å². The largest absolute Gasteiger partial charge is 0.756 e. The van der Waals surface area contributed by atoms with Gasteiger partial charge in [0.15, 0.2) is 6.10 Å². The zero-order valence-corrected chi connectivity index (χ0v) is 37.1. The number of aliphatic hydroxyl groups is 1. The van der Waals surface area contributed by atoms with Gasteiger partial charge < -0.3 is 33.0 Å². The molecule has 324 valence electrons. The molecule has 2 unspecified atom stereocenters. The Bertz CT molecular complexity index is 1140. The molecule has 56 heavy (non-hydrogen) atoms. The molecular formula is C46H82NO8P. The molecule has 0 radical (unpaired) electrons. The number of likely N-dealkylation sites (N-methyl/N-ethyl adjacent to an activating group) is 1. The summed E-state index contributed by atoms with van der Waals surface area (Å²) < 4.78 is 34.1. The van der Waals surface area contributed by atoms with Crippen molar-refractivity contribution in [2.45, 2.75) is 167 Å². The van der Waals surface area contributed by atoms with Crippen LogP contribution in [-0.2, 0) is 27.9 Å². The van der Waals surface area contributed by atoms with Gasteiger partial charge in [-0.3, -0.25) is 9.36 Å².